The Kier molecular flexibility index (Phi) is 8.86. The van der Waals surface area contributed by atoms with E-state index >= 15 is 0 Å². The average Bonchev–Trinajstić information content (AvgIpc) is 3.50. The molecule has 2 nitrogen and oxygen atoms in total. The van der Waals surface area contributed by atoms with Gasteiger partial charge >= 0.3 is 0 Å². The molecule has 0 fully saturated rings. The van der Waals surface area contributed by atoms with Crippen molar-refractivity contribution in [3.63, 3.8) is 0 Å². The fourth-order valence-electron chi connectivity index (χ4n) is 6.34. The molecule has 0 atom stereocenters. The molecule has 0 spiro atoms. The predicted octanol–water partition coefficient (Wildman–Crippen LogP) is 5.91. The largest absolute Gasteiger partial charge is 0.345 e. The summed E-state index contributed by atoms with van der Waals surface area (Å²) in [7, 11) is -0.190. The van der Waals surface area contributed by atoms with E-state index in [0.29, 0.717) is 5.92 Å². The topological polar surface area (TPSA) is 17.8 Å². The summed E-state index contributed by atoms with van der Waals surface area (Å²) in [4.78, 5) is 4.95. The first-order valence-corrected chi connectivity index (χ1v) is 17.5. The van der Waals surface area contributed by atoms with Crippen LogP contribution < -0.4 is 21.3 Å². The molecule has 43 heavy (non-hydrogen) atoms. The van der Waals surface area contributed by atoms with E-state index in [1.54, 1.807) is 0 Å². The summed E-state index contributed by atoms with van der Waals surface area (Å²) in [5, 5.41) is 4.22. The molecule has 211 valence electrons. The van der Waals surface area contributed by atoms with Crippen LogP contribution in [0.4, 0.5) is 0 Å². The second-order valence-corrected chi connectivity index (χ2v) is 15.7. The standard InChI is InChI=1S/C39H38BN2Si/c1-31(2)29-32-23-25-37(26-24-32)43(35-19-11-5-12-20-35,36-21-13-6-14-22-36)30-42-28-27-41-39(42)40-38(33-15-7-3-8-16-33)34-17-9-4-10-18-34/h3-28,31,38H,29-30H2,1-2H3. The van der Waals surface area contributed by atoms with Crippen molar-refractivity contribution in [2.75, 3.05) is 0 Å². The lowest BCUT2D eigenvalue weighted by atomic mass is 9.58. The van der Waals surface area contributed by atoms with Gasteiger partial charge in [-0.25, -0.2) is 0 Å². The monoisotopic (exact) mass is 573 g/mol. The van der Waals surface area contributed by atoms with E-state index in [-0.39, 0.29) is 5.82 Å². The van der Waals surface area contributed by atoms with Gasteiger partial charge in [-0.05, 0) is 50.4 Å². The van der Waals surface area contributed by atoms with Crippen molar-refractivity contribution in [1.29, 1.82) is 0 Å². The lowest BCUT2D eigenvalue weighted by Gasteiger charge is -2.35. The molecule has 0 saturated carbocycles. The van der Waals surface area contributed by atoms with E-state index in [1.807, 2.05) is 6.20 Å². The zero-order valence-corrected chi connectivity index (χ0v) is 26.1. The second kappa shape index (κ2) is 13.3. The lowest BCUT2D eigenvalue weighted by molar-refractivity contribution is 0.647. The third-order valence-electron chi connectivity index (χ3n) is 8.41. The van der Waals surface area contributed by atoms with E-state index < -0.39 is 8.07 Å². The Bertz CT molecular complexity index is 1620. The molecule has 0 amide bonds. The van der Waals surface area contributed by atoms with Gasteiger partial charge in [-0.15, -0.1) is 0 Å². The molecular formula is C39H38BN2Si. The number of hydrogen-bond donors (Lipinski definition) is 0. The van der Waals surface area contributed by atoms with Crippen LogP contribution in [0, 0.1) is 5.92 Å². The van der Waals surface area contributed by atoms with E-state index in [1.165, 1.54) is 32.3 Å². The maximum absolute atomic E-state index is 4.95. The van der Waals surface area contributed by atoms with Crippen LogP contribution in [0.5, 0.6) is 0 Å². The number of hydrogen-bond acceptors (Lipinski definition) is 1. The molecule has 0 bridgehead atoms. The number of rotatable bonds is 11. The van der Waals surface area contributed by atoms with Crippen molar-refractivity contribution in [2.45, 2.75) is 32.3 Å². The molecule has 1 aromatic heterocycles. The highest BCUT2D eigenvalue weighted by molar-refractivity contribution is 7.10. The summed E-state index contributed by atoms with van der Waals surface area (Å²) in [6.07, 6.45) is 6.07. The number of nitrogens with zero attached hydrogens (tertiary/aromatic N) is 2. The number of imidazole rings is 1. The Morgan fingerprint density at radius 3 is 1.56 bits per heavy atom. The van der Waals surface area contributed by atoms with Crippen LogP contribution in [0.2, 0.25) is 0 Å². The normalized spacial score (nSPS) is 11.6. The van der Waals surface area contributed by atoms with Crippen LogP contribution in [0.15, 0.2) is 158 Å². The smallest absolute Gasteiger partial charge is 0.215 e. The minimum absolute atomic E-state index is 0.100. The van der Waals surface area contributed by atoms with E-state index in [4.69, 9.17) is 4.98 Å². The van der Waals surface area contributed by atoms with E-state index in [0.717, 1.165) is 18.3 Å². The van der Waals surface area contributed by atoms with E-state index in [2.05, 4.69) is 177 Å². The molecule has 0 N–H and O–H groups in total. The third-order valence-corrected chi connectivity index (χ3v) is 13.2. The van der Waals surface area contributed by atoms with Gasteiger partial charge in [-0.1, -0.05) is 159 Å². The van der Waals surface area contributed by atoms with Gasteiger partial charge in [-0.3, -0.25) is 4.98 Å². The number of aromatic nitrogens is 2. The van der Waals surface area contributed by atoms with Gasteiger partial charge in [0.2, 0.25) is 7.28 Å². The lowest BCUT2D eigenvalue weighted by Crippen LogP contribution is -2.70. The molecule has 6 rings (SSSR count). The van der Waals surface area contributed by atoms with Crippen LogP contribution in [0.3, 0.4) is 0 Å². The summed E-state index contributed by atoms with van der Waals surface area (Å²) >= 11 is 0. The third kappa shape index (κ3) is 6.35. The Morgan fingerprint density at radius 1 is 0.605 bits per heavy atom. The fraction of sp³-hybridized carbons (Fsp3) is 0.154. The van der Waals surface area contributed by atoms with Crippen LogP contribution in [0.25, 0.3) is 0 Å². The zero-order valence-electron chi connectivity index (χ0n) is 25.1. The first kappa shape index (κ1) is 28.7. The Labute approximate surface area is 258 Å². The maximum Gasteiger partial charge on any atom is 0.215 e. The maximum atomic E-state index is 4.95. The van der Waals surface area contributed by atoms with Gasteiger partial charge in [-0.2, -0.15) is 0 Å². The van der Waals surface area contributed by atoms with Gasteiger partial charge in [0.1, 0.15) is 0 Å². The Morgan fingerprint density at radius 2 is 1.07 bits per heavy atom. The summed E-state index contributed by atoms with van der Waals surface area (Å²) < 4.78 is 2.40. The highest BCUT2D eigenvalue weighted by Crippen LogP contribution is 2.23. The summed E-state index contributed by atoms with van der Waals surface area (Å²) in [5.74, 6) is 0.728. The molecule has 6 aromatic rings. The molecule has 4 heteroatoms. The first-order valence-electron chi connectivity index (χ1n) is 15.3. The predicted molar refractivity (Wildman–Crippen MR) is 185 cm³/mol. The molecule has 0 aliphatic heterocycles. The summed E-state index contributed by atoms with van der Waals surface area (Å²) in [6.45, 7) is 4.58. The van der Waals surface area contributed by atoms with Crippen molar-refractivity contribution < 1.29 is 0 Å². The van der Waals surface area contributed by atoms with Crippen molar-refractivity contribution in [3.8, 4) is 0 Å². The minimum atomic E-state index is -2.53. The molecule has 0 saturated heterocycles. The van der Waals surface area contributed by atoms with Crippen molar-refractivity contribution in [1.82, 2.24) is 9.55 Å². The highest BCUT2D eigenvalue weighted by atomic mass is 28.3. The van der Waals surface area contributed by atoms with Gasteiger partial charge in [0, 0.05) is 18.6 Å². The quantitative estimate of drug-likeness (QED) is 0.139. The zero-order chi connectivity index (χ0) is 29.5. The van der Waals surface area contributed by atoms with Crippen molar-refractivity contribution in [2.24, 2.45) is 5.92 Å². The molecule has 1 heterocycles. The van der Waals surface area contributed by atoms with Crippen molar-refractivity contribution >= 4 is 36.6 Å². The van der Waals surface area contributed by atoms with Crippen LogP contribution >= 0.6 is 0 Å². The van der Waals surface area contributed by atoms with Gasteiger partial charge < -0.3 is 4.57 Å². The average molecular weight is 574 g/mol. The summed E-state index contributed by atoms with van der Waals surface area (Å²) in [6, 6.07) is 53.4. The molecule has 5 aromatic carbocycles. The van der Waals surface area contributed by atoms with E-state index in [9.17, 15) is 0 Å². The Balaban J connectivity index is 1.47. The van der Waals surface area contributed by atoms with Crippen molar-refractivity contribution in [3.05, 3.63) is 175 Å². The molecule has 0 aliphatic rings. The first-order chi connectivity index (χ1) is 21.1. The SMILES string of the molecule is CC(C)Cc1ccc([Si](Cn2ccnc2[B]C(c2ccccc2)c2ccccc2)(c2ccccc2)c2ccccc2)cc1. The minimum Gasteiger partial charge on any atom is -0.345 e. The molecule has 0 aliphatic carbocycles. The fourth-order valence-corrected chi connectivity index (χ4v) is 10.9. The molecule has 0 unspecified atom stereocenters. The van der Waals surface area contributed by atoms with Crippen LogP contribution in [-0.2, 0) is 12.6 Å². The Hall–Kier alpha value is -4.41. The van der Waals surface area contributed by atoms with Gasteiger partial charge in [0.15, 0.2) is 8.07 Å². The highest BCUT2D eigenvalue weighted by Gasteiger charge is 2.40. The number of benzene rings is 5. The van der Waals surface area contributed by atoms with Gasteiger partial charge in [0.05, 0.1) is 5.72 Å². The van der Waals surface area contributed by atoms with Gasteiger partial charge in [0.25, 0.3) is 0 Å². The van der Waals surface area contributed by atoms with Crippen LogP contribution in [-0.4, -0.2) is 24.9 Å². The molecular weight excluding hydrogens is 535 g/mol. The summed E-state index contributed by atoms with van der Waals surface area (Å²) in [5.41, 5.74) is 4.92. The molecule has 1 radical (unpaired) electrons. The van der Waals surface area contributed by atoms with Crippen LogP contribution in [0.1, 0.15) is 36.4 Å². The second-order valence-electron chi connectivity index (χ2n) is 11.8.